The Kier molecular flexibility index (Phi) is 47.6. The van der Waals surface area contributed by atoms with Crippen LogP contribution in [0.4, 0.5) is 0 Å². The molecule has 0 aromatic rings. The maximum Gasteiger partial charge on any atom is 0.220 e. The van der Waals surface area contributed by atoms with E-state index >= 15 is 0 Å². The molecule has 19 heteroatoms. The van der Waals surface area contributed by atoms with Gasteiger partial charge in [-0.25, -0.2) is 0 Å². The lowest BCUT2D eigenvalue weighted by Crippen LogP contribution is -2.66. The van der Waals surface area contributed by atoms with E-state index in [0.29, 0.717) is 6.42 Å². The Hall–Kier alpha value is -1.47. The molecule has 0 spiro atoms. The maximum absolute atomic E-state index is 13.4. The van der Waals surface area contributed by atoms with Gasteiger partial charge in [-0.1, -0.05) is 276 Å². The van der Waals surface area contributed by atoms with E-state index in [-0.39, 0.29) is 18.9 Å². The number of amides is 1. The third-order valence-corrected chi connectivity index (χ3v) is 18.3. The average Bonchev–Trinajstić information content (AvgIpc) is 1.84. The van der Waals surface area contributed by atoms with Crippen molar-refractivity contribution in [1.82, 2.24) is 5.32 Å². The Balaban J connectivity index is 1.38. The first kappa shape index (κ1) is 80.8. The molecule has 0 aromatic heterocycles. The van der Waals surface area contributed by atoms with Crippen molar-refractivity contribution in [2.45, 2.75) is 394 Å². The van der Waals surface area contributed by atoms with Gasteiger partial charge in [-0.3, -0.25) is 4.79 Å². The fourth-order valence-corrected chi connectivity index (χ4v) is 12.5. The van der Waals surface area contributed by atoms with Crippen LogP contribution in [0.25, 0.3) is 0 Å². The molecule has 17 atom stereocenters. The summed E-state index contributed by atoms with van der Waals surface area (Å²) in [6, 6.07) is -0.968. The number of unbranched alkanes of at least 4 members (excludes halogenated alkanes) is 40. The molecule has 3 aliphatic rings. The van der Waals surface area contributed by atoms with Gasteiger partial charge in [0.15, 0.2) is 18.9 Å². The van der Waals surface area contributed by atoms with Gasteiger partial charge < -0.3 is 89.9 Å². The minimum Gasteiger partial charge on any atom is -0.394 e. The van der Waals surface area contributed by atoms with Crippen LogP contribution in [0.3, 0.4) is 0 Å². The highest BCUT2D eigenvalue weighted by atomic mass is 16.8. The number of nitrogens with one attached hydrogen (secondary N) is 1. The molecule has 3 fully saturated rings. The number of allylic oxidation sites excluding steroid dienone is 1. The largest absolute Gasteiger partial charge is 0.394 e. The van der Waals surface area contributed by atoms with Gasteiger partial charge in [-0.05, 0) is 19.3 Å². The smallest absolute Gasteiger partial charge is 0.220 e. The van der Waals surface area contributed by atoms with E-state index in [1.165, 1.54) is 218 Å². The van der Waals surface area contributed by atoms with Crippen molar-refractivity contribution in [2.24, 2.45) is 0 Å². The van der Waals surface area contributed by atoms with E-state index in [4.69, 9.17) is 28.4 Å². The van der Waals surface area contributed by atoms with E-state index in [1.807, 2.05) is 6.08 Å². The second kappa shape index (κ2) is 51.9. The topological polar surface area (TPSA) is 307 Å². The van der Waals surface area contributed by atoms with Crippen molar-refractivity contribution in [2.75, 3.05) is 26.4 Å². The molecular formula is C69H131NO18. The number of carbonyl (C=O) groups excluding carboxylic acids is 1. The lowest BCUT2D eigenvalue weighted by Gasteiger charge is -2.48. The van der Waals surface area contributed by atoms with Gasteiger partial charge >= 0.3 is 0 Å². The monoisotopic (exact) mass is 1260 g/mol. The zero-order valence-corrected chi connectivity index (χ0v) is 55.0. The fraction of sp³-hybridized carbons (Fsp3) is 0.957. The number of carbonyl (C=O) groups is 1. The normalized spacial score (nSPS) is 28.4. The van der Waals surface area contributed by atoms with Crippen molar-refractivity contribution in [3.05, 3.63) is 12.2 Å². The van der Waals surface area contributed by atoms with E-state index < -0.39 is 124 Å². The predicted octanol–water partition coefficient (Wildman–Crippen LogP) is 9.67. The van der Waals surface area contributed by atoms with Crippen molar-refractivity contribution >= 4 is 5.91 Å². The molecule has 19 nitrogen and oxygen atoms in total. The molecule has 0 aliphatic carbocycles. The lowest BCUT2D eigenvalue weighted by molar-refractivity contribution is -0.379. The Bertz CT molecular complexity index is 1650. The molecular weight excluding hydrogens is 1130 g/mol. The molecule has 0 saturated carbocycles. The molecule has 1 amide bonds. The molecule has 3 saturated heterocycles. The highest BCUT2D eigenvalue weighted by Gasteiger charge is 2.53. The summed E-state index contributed by atoms with van der Waals surface area (Å²) in [5, 5.41) is 120. The average molecular weight is 1260 g/mol. The first-order valence-electron chi connectivity index (χ1n) is 35.9. The van der Waals surface area contributed by atoms with Gasteiger partial charge in [-0.2, -0.15) is 0 Å². The van der Waals surface area contributed by atoms with Crippen LogP contribution in [0.1, 0.15) is 290 Å². The molecule has 520 valence electrons. The summed E-state index contributed by atoms with van der Waals surface area (Å²) in [5.74, 6) is -0.271. The Morgan fingerprint density at radius 3 is 1.07 bits per heavy atom. The first-order chi connectivity index (χ1) is 42.8. The molecule has 88 heavy (non-hydrogen) atoms. The third-order valence-electron chi connectivity index (χ3n) is 18.3. The van der Waals surface area contributed by atoms with Crippen LogP contribution in [0.15, 0.2) is 12.2 Å². The molecule has 3 aliphatic heterocycles. The minimum absolute atomic E-state index is 0.249. The van der Waals surface area contributed by atoms with Crippen molar-refractivity contribution in [1.29, 1.82) is 0 Å². The van der Waals surface area contributed by atoms with Crippen molar-refractivity contribution in [3.63, 3.8) is 0 Å². The van der Waals surface area contributed by atoms with Gasteiger partial charge in [0.1, 0.15) is 73.2 Å². The van der Waals surface area contributed by atoms with E-state index in [1.54, 1.807) is 6.08 Å². The zero-order chi connectivity index (χ0) is 64.0. The van der Waals surface area contributed by atoms with Gasteiger partial charge in [-0.15, -0.1) is 0 Å². The zero-order valence-electron chi connectivity index (χ0n) is 55.0. The minimum atomic E-state index is -1.98. The van der Waals surface area contributed by atoms with Crippen LogP contribution in [-0.4, -0.2) is 193 Å². The third kappa shape index (κ3) is 33.6. The highest BCUT2D eigenvalue weighted by Crippen LogP contribution is 2.33. The quantitative estimate of drug-likeness (QED) is 0.0199. The van der Waals surface area contributed by atoms with Crippen LogP contribution in [0.5, 0.6) is 0 Å². The van der Waals surface area contributed by atoms with E-state index in [9.17, 15) is 61.0 Å². The van der Waals surface area contributed by atoms with Crippen LogP contribution in [0.2, 0.25) is 0 Å². The number of rotatable bonds is 56. The van der Waals surface area contributed by atoms with Crippen molar-refractivity contribution < 1.29 is 89.4 Å². The molecule has 3 heterocycles. The number of aliphatic hydroxyl groups is 11. The Morgan fingerprint density at radius 1 is 0.398 bits per heavy atom. The van der Waals surface area contributed by atoms with Crippen LogP contribution in [0, 0.1) is 0 Å². The summed E-state index contributed by atoms with van der Waals surface area (Å²) in [6.07, 6.45) is 30.7. The molecule has 0 radical (unpaired) electrons. The Morgan fingerprint density at radius 2 is 0.705 bits per heavy atom. The Labute approximate surface area is 531 Å². The molecule has 0 aromatic carbocycles. The molecule has 12 N–H and O–H groups in total. The number of aliphatic hydroxyl groups excluding tert-OH is 11. The maximum atomic E-state index is 13.4. The van der Waals surface area contributed by atoms with Crippen LogP contribution < -0.4 is 5.32 Å². The summed E-state index contributed by atoms with van der Waals surface area (Å²) < 4.78 is 34.3. The SMILES string of the molecule is CCCCCCCCCCCCCCCCCCCCCCCCCCCCCC/C=C/C(O)C(COC1OC(CO)C(OC2OC(CO)C(OC3OC(CO)C(O)C(O)C3O)C(O)C2O)C(O)C1O)NC(=O)CCCCCCCCCCCCCCC. The number of ether oxygens (including phenoxy) is 6. The number of hydrogen-bond acceptors (Lipinski definition) is 18. The highest BCUT2D eigenvalue weighted by molar-refractivity contribution is 5.76. The summed E-state index contributed by atoms with van der Waals surface area (Å²) in [7, 11) is 0. The van der Waals surface area contributed by atoms with Crippen molar-refractivity contribution in [3.8, 4) is 0 Å². The first-order valence-corrected chi connectivity index (χ1v) is 35.9. The van der Waals surface area contributed by atoms with E-state index in [0.717, 1.165) is 44.9 Å². The number of hydrogen-bond donors (Lipinski definition) is 12. The molecule has 3 rings (SSSR count). The standard InChI is InChI=1S/C69H131NO18/c1-3-5-7-9-11-13-15-17-18-19-20-21-22-23-24-25-26-27-28-29-30-31-32-33-35-36-38-40-42-44-46-53(74)52(70-57(75)47-45-43-41-39-37-34-16-14-12-10-8-6-4-2)51-83-67-63(81)60(78)65(55(49-72)85-67)88-69-64(82)61(79)66(56(50-73)86-69)87-68-62(80)59(77)58(76)54(48-71)84-68/h44,46,52-56,58-69,71-74,76-82H,3-43,45,47-51H2,1-2H3,(H,70,75)/b46-44+. The fourth-order valence-electron chi connectivity index (χ4n) is 12.5. The van der Waals surface area contributed by atoms with Crippen LogP contribution in [-0.2, 0) is 33.2 Å². The second-order valence-corrected chi connectivity index (χ2v) is 26.1. The lowest BCUT2D eigenvalue weighted by atomic mass is 9.96. The summed E-state index contributed by atoms with van der Waals surface area (Å²) in [5.41, 5.74) is 0. The second-order valence-electron chi connectivity index (χ2n) is 26.1. The summed E-state index contributed by atoms with van der Waals surface area (Å²) in [4.78, 5) is 13.4. The molecule has 0 bridgehead atoms. The summed E-state index contributed by atoms with van der Waals surface area (Å²) >= 11 is 0. The molecule has 17 unspecified atom stereocenters. The van der Waals surface area contributed by atoms with Crippen LogP contribution >= 0.6 is 0 Å². The van der Waals surface area contributed by atoms with Gasteiger partial charge in [0.05, 0.1) is 38.6 Å². The predicted molar refractivity (Wildman–Crippen MR) is 342 cm³/mol. The van der Waals surface area contributed by atoms with E-state index in [2.05, 4.69) is 19.2 Å². The van der Waals surface area contributed by atoms with Gasteiger partial charge in [0.25, 0.3) is 0 Å². The van der Waals surface area contributed by atoms with Gasteiger partial charge in [0, 0.05) is 6.42 Å². The van der Waals surface area contributed by atoms with Gasteiger partial charge in [0.2, 0.25) is 5.91 Å². The summed E-state index contributed by atoms with van der Waals surface area (Å²) in [6.45, 7) is 1.76.